The Hall–Kier alpha value is -0.990. The third-order valence-corrected chi connectivity index (χ3v) is 3.76. The van der Waals surface area contributed by atoms with Gasteiger partial charge in [0.25, 0.3) is 0 Å². The third kappa shape index (κ3) is 2.07. The minimum atomic E-state index is 0.330. The molecule has 0 amide bonds. The number of nitrogens with zero attached hydrogens (tertiary/aromatic N) is 1. The topological polar surface area (TPSA) is 14.2 Å². The van der Waals surface area contributed by atoms with Gasteiger partial charge in [-0.3, -0.25) is 0 Å². The molecular formula is C14H16ClNO. The number of aromatic nitrogens is 1. The van der Waals surface area contributed by atoms with Crippen molar-refractivity contribution in [1.82, 2.24) is 4.57 Å². The second-order valence-corrected chi connectivity index (χ2v) is 5.20. The fourth-order valence-corrected chi connectivity index (χ4v) is 2.90. The van der Waals surface area contributed by atoms with Gasteiger partial charge in [-0.1, -0.05) is 23.7 Å². The van der Waals surface area contributed by atoms with Crippen molar-refractivity contribution in [3.8, 4) is 0 Å². The van der Waals surface area contributed by atoms with Crippen molar-refractivity contribution in [3.05, 3.63) is 35.5 Å². The minimum absolute atomic E-state index is 0.330. The highest BCUT2D eigenvalue weighted by Gasteiger charge is 2.22. The first kappa shape index (κ1) is 11.1. The Morgan fingerprint density at radius 3 is 3.00 bits per heavy atom. The van der Waals surface area contributed by atoms with Crippen molar-refractivity contribution in [2.24, 2.45) is 0 Å². The number of halogens is 1. The number of ether oxygens (including phenoxy) is 1. The number of hydrogen-bond acceptors (Lipinski definition) is 1. The number of para-hydroxylation sites is 1. The molecule has 0 bridgehead atoms. The monoisotopic (exact) mass is 249 g/mol. The summed E-state index contributed by atoms with van der Waals surface area (Å²) < 4.78 is 8.07. The van der Waals surface area contributed by atoms with Crippen LogP contribution in [0.3, 0.4) is 0 Å². The van der Waals surface area contributed by atoms with Crippen LogP contribution in [-0.4, -0.2) is 16.8 Å². The van der Waals surface area contributed by atoms with Gasteiger partial charge in [-0.15, -0.1) is 0 Å². The summed E-state index contributed by atoms with van der Waals surface area (Å²) in [7, 11) is 0. The zero-order valence-electron chi connectivity index (χ0n) is 9.90. The molecule has 0 aliphatic carbocycles. The molecule has 0 N–H and O–H groups in total. The highest BCUT2D eigenvalue weighted by atomic mass is 35.5. The second-order valence-electron chi connectivity index (χ2n) is 4.79. The van der Waals surface area contributed by atoms with Crippen LogP contribution in [0.5, 0.6) is 0 Å². The molecule has 0 saturated carbocycles. The van der Waals surface area contributed by atoms with Crippen LogP contribution in [0.1, 0.15) is 19.8 Å². The lowest BCUT2D eigenvalue weighted by Crippen LogP contribution is -2.15. The van der Waals surface area contributed by atoms with Crippen molar-refractivity contribution < 1.29 is 4.74 Å². The first-order chi connectivity index (χ1) is 8.24. The Labute approximate surface area is 106 Å². The largest absolute Gasteiger partial charge is 0.373 e. The molecule has 1 aliphatic heterocycles. The van der Waals surface area contributed by atoms with E-state index in [1.54, 1.807) is 0 Å². The summed E-state index contributed by atoms with van der Waals surface area (Å²) in [6.45, 7) is 3.04. The Kier molecular flexibility index (Phi) is 2.85. The summed E-state index contributed by atoms with van der Waals surface area (Å²) >= 11 is 6.26. The van der Waals surface area contributed by atoms with Gasteiger partial charge in [0.1, 0.15) is 0 Å². The quantitative estimate of drug-likeness (QED) is 0.788. The van der Waals surface area contributed by atoms with Crippen LogP contribution in [0, 0.1) is 0 Å². The zero-order valence-corrected chi connectivity index (χ0v) is 10.7. The van der Waals surface area contributed by atoms with Crippen molar-refractivity contribution in [3.63, 3.8) is 0 Å². The molecule has 1 aromatic heterocycles. The van der Waals surface area contributed by atoms with Crippen molar-refractivity contribution in [2.75, 3.05) is 0 Å². The van der Waals surface area contributed by atoms with Gasteiger partial charge in [0, 0.05) is 18.1 Å². The van der Waals surface area contributed by atoms with Crippen LogP contribution in [0.4, 0.5) is 0 Å². The van der Waals surface area contributed by atoms with Crippen LogP contribution in [0.2, 0.25) is 5.02 Å². The molecule has 0 radical (unpaired) electrons. The van der Waals surface area contributed by atoms with Gasteiger partial charge in [-0.2, -0.15) is 0 Å². The smallest absolute Gasteiger partial charge is 0.0758 e. The molecular weight excluding hydrogens is 234 g/mol. The first-order valence-corrected chi connectivity index (χ1v) is 6.50. The average molecular weight is 250 g/mol. The fraction of sp³-hybridized carbons (Fsp3) is 0.429. The van der Waals surface area contributed by atoms with Crippen molar-refractivity contribution in [2.45, 2.75) is 38.5 Å². The maximum Gasteiger partial charge on any atom is 0.0758 e. The standard InChI is InChI=1S/C14H16ClNO/c1-10-5-6-12(17-10)9-16-8-7-11-3-2-4-13(15)14(11)16/h2-4,7-8,10,12H,5-6,9H2,1H3. The molecule has 17 heavy (non-hydrogen) atoms. The zero-order chi connectivity index (χ0) is 11.8. The summed E-state index contributed by atoms with van der Waals surface area (Å²) in [5.74, 6) is 0. The number of fused-ring (bicyclic) bond motifs is 1. The lowest BCUT2D eigenvalue weighted by molar-refractivity contribution is 0.0465. The third-order valence-electron chi connectivity index (χ3n) is 3.46. The van der Waals surface area contributed by atoms with Crippen molar-refractivity contribution in [1.29, 1.82) is 0 Å². The van der Waals surface area contributed by atoms with E-state index >= 15 is 0 Å². The van der Waals surface area contributed by atoms with Gasteiger partial charge in [-0.25, -0.2) is 0 Å². The van der Waals surface area contributed by atoms with E-state index in [0.29, 0.717) is 12.2 Å². The molecule has 3 rings (SSSR count). The predicted molar refractivity (Wildman–Crippen MR) is 70.5 cm³/mol. The van der Waals surface area contributed by atoms with Gasteiger partial charge in [0.05, 0.1) is 22.7 Å². The van der Waals surface area contributed by atoms with Crippen LogP contribution in [0.25, 0.3) is 10.9 Å². The summed E-state index contributed by atoms with van der Waals surface area (Å²) in [6, 6.07) is 8.14. The summed E-state index contributed by atoms with van der Waals surface area (Å²) in [5, 5.41) is 2.02. The Balaban J connectivity index is 1.90. The van der Waals surface area contributed by atoms with E-state index in [1.807, 2.05) is 12.1 Å². The van der Waals surface area contributed by atoms with Gasteiger partial charge in [0.15, 0.2) is 0 Å². The Morgan fingerprint density at radius 1 is 1.35 bits per heavy atom. The SMILES string of the molecule is CC1CCC(Cn2ccc3cccc(Cl)c32)O1. The lowest BCUT2D eigenvalue weighted by Gasteiger charge is -2.13. The fourth-order valence-electron chi connectivity index (χ4n) is 2.61. The maximum absolute atomic E-state index is 6.26. The Bertz CT molecular complexity index is 534. The normalized spacial score (nSPS) is 24.6. The van der Waals surface area contributed by atoms with Crippen LogP contribution < -0.4 is 0 Å². The van der Waals surface area contributed by atoms with E-state index in [-0.39, 0.29) is 0 Å². The maximum atomic E-state index is 6.26. The molecule has 1 fully saturated rings. The highest BCUT2D eigenvalue weighted by molar-refractivity contribution is 6.35. The van der Waals surface area contributed by atoms with E-state index in [1.165, 1.54) is 5.39 Å². The number of rotatable bonds is 2. The van der Waals surface area contributed by atoms with E-state index in [0.717, 1.165) is 29.9 Å². The summed E-state index contributed by atoms with van der Waals surface area (Å²) in [6.07, 6.45) is 5.14. The molecule has 1 aliphatic rings. The van der Waals surface area contributed by atoms with E-state index in [4.69, 9.17) is 16.3 Å². The molecule has 2 unspecified atom stereocenters. The summed E-state index contributed by atoms with van der Waals surface area (Å²) in [4.78, 5) is 0. The number of hydrogen-bond donors (Lipinski definition) is 0. The number of benzene rings is 1. The molecule has 3 heteroatoms. The van der Waals surface area contributed by atoms with Gasteiger partial charge in [-0.05, 0) is 31.9 Å². The van der Waals surface area contributed by atoms with E-state index < -0.39 is 0 Å². The highest BCUT2D eigenvalue weighted by Crippen LogP contribution is 2.27. The van der Waals surface area contributed by atoms with Crippen LogP contribution >= 0.6 is 11.6 Å². The van der Waals surface area contributed by atoms with Gasteiger partial charge < -0.3 is 9.30 Å². The van der Waals surface area contributed by atoms with Gasteiger partial charge in [0.2, 0.25) is 0 Å². The lowest BCUT2D eigenvalue weighted by atomic mass is 10.2. The van der Waals surface area contributed by atoms with Gasteiger partial charge >= 0.3 is 0 Å². The molecule has 2 heterocycles. The van der Waals surface area contributed by atoms with Crippen LogP contribution in [-0.2, 0) is 11.3 Å². The molecule has 1 aromatic carbocycles. The second kappa shape index (κ2) is 4.35. The van der Waals surface area contributed by atoms with E-state index in [2.05, 4.69) is 29.8 Å². The summed E-state index contributed by atoms with van der Waals surface area (Å²) in [5.41, 5.74) is 1.12. The van der Waals surface area contributed by atoms with E-state index in [9.17, 15) is 0 Å². The predicted octanol–water partition coefficient (Wildman–Crippen LogP) is 3.86. The average Bonchev–Trinajstić information content (AvgIpc) is 2.88. The molecule has 0 spiro atoms. The molecule has 1 saturated heterocycles. The first-order valence-electron chi connectivity index (χ1n) is 6.13. The van der Waals surface area contributed by atoms with Crippen LogP contribution in [0.15, 0.2) is 30.5 Å². The van der Waals surface area contributed by atoms with Crippen molar-refractivity contribution >= 4 is 22.5 Å². The minimum Gasteiger partial charge on any atom is -0.373 e. The molecule has 2 aromatic rings. The molecule has 90 valence electrons. The Morgan fingerprint density at radius 2 is 2.24 bits per heavy atom. The molecule has 2 atom stereocenters. The molecule has 2 nitrogen and oxygen atoms in total.